The molecule has 4 heteroatoms. The Morgan fingerprint density at radius 3 is 2.50 bits per heavy atom. The molecule has 70 valence electrons. The van der Waals surface area contributed by atoms with E-state index in [0.29, 0.717) is 19.1 Å². The molecule has 0 aromatic carbocycles. The quantitative estimate of drug-likeness (QED) is 0.685. The van der Waals surface area contributed by atoms with Crippen LogP contribution in [0.3, 0.4) is 0 Å². The fourth-order valence-electron chi connectivity index (χ4n) is 1.75. The number of hydrogen-bond acceptors (Lipinski definition) is 2. The minimum absolute atomic E-state index is 0.0841. The Kier molecular flexibility index (Phi) is 1.84. The highest BCUT2D eigenvalue weighted by molar-refractivity contribution is 4.99. The van der Waals surface area contributed by atoms with E-state index in [4.69, 9.17) is 5.73 Å². The molecule has 1 saturated carbocycles. The molecule has 12 heavy (non-hydrogen) atoms. The van der Waals surface area contributed by atoms with Crippen molar-refractivity contribution in [1.29, 1.82) is 0 Å². The molecule has 2 rings (SSSR count). The summed E-state index contributed by atoms with van der Waals surface area (Å²) in [7, 11) is 0. The van der Waals surface area contributed by atoms with Gasteiger partial charge in [-0.3, -0.25) is 4.90 Å². The summed E-state index contributed by atoms with van der Waals surface area (Å²) in [4.78, 5) is 2.07. The maximum atomic E-state index is 12.5. The van der Waals surface area contributed by atoms with Crippen molar-refractivity contribution < 1.29 is 8.78 Å². The van der Waals surface area contributed by atoms with Crippen LogP contribution in [0.15, 0.2) is 0 Å². The molecule has 2 N–H and O–H groups in total. The highest BCUT2D eigenvalue weighted by atomic mass is 19.3. The van der Waals surface area contributed by atoms with E-state index in [9.17, 15) is 8.78 Å². The first-order chi connectivity index (χ1) is 5.63. The maximum Gasteiger partial charge on any atom is 0.252 e. The highest BCUT2D eigenvalue weighted by Crippen LogP contribution is 2.49. The fraction of sp³-hybridized carbons (Fsp3) is 1.00. The van der Waals surface area contributed by atoms with Crippen molar-refractivity contribution in [3.05, 3.63) is 0 Å². The number of halogens is 2. The Bertz CT molecular complexity index is 182. The Hall–Kier alpha value is -0.220. The summed E-state index contributed by atoms with van der Waals surface area (Å²) in [5.41, 5.74) is 5.46. The Balaban J connectivity index is 1.75. The van der Waals surface area contributed by atoms with Gasteiger partial charge in [-0.05, 0) is 6.42 Å². The number of nitrogens with two attached hydrogens (primary N) is 1. The van der Waals surface area contributed by atoms with Crippen molar-refractivity contribution in [3.8, 4) is 0 Å². The third-order valence-corrected chi connectivity index (χ3v) is 2.95. The van der Waals surface area contributed by atoms with E-state index >= 15 is 0 Å². The second-order valence-corrected chi connectivity index (χ2v) is 3.84. The van der Waals surface area contributed by atoms with E-state index in [1.165, 1.54) is 0 Å². The van der Waals surface area contributed by atoms with Gasteiger partial charge in [0.05, 0.1) is 0 Å². The summed E-state index contributed by atoms with van der Waals surface area (Å²) in [6.07, 6.45) is 1.16. The van der Waals surface area contributed by atoms with E-state index in [2.05, 4.69) is 4.90 Å². The van der Waals surface area contributed by atoms with Gasteiger partial charge in [-0.1, -0.05) is 0 Å². The molecular weight excluding hydrogens is 162 g/mol. The molecule has 0 amide bonds. The lowest BCUT2D eigenvalue weighted by molar-refractivity contribution is 0.0504. The van der Waals surface area contributed by atoms with Crippen molar-refractivity contribution in [3.63, 3.8) is 0 Å². The molecule has 1 aliphatic heterocycles. The summed E-state index contributed by atoms with van der Waals surface area (Å²) >= 11 is 0. The van der Waals surface area contributed by atoms with E-state index in [0.717, 1.165) is 13.0 Å². The summed E-state index contributed by atoms with van der Waals surface area (Å²) in [6, 6.07) is 0.376. The molecule has 2 fully saturated rings. The second-order valence-electron chi connectivity index (χ2n) is 3.84. The van der Waals surface area contributed by atoms with Gasteiger partial charge >= 0.3 is 0 Å². The monoisotopic (exact) mass is 176 g/mol. The van der Waals surface area contributed by atoms with Crippen molar-refractivity contribution in [2.75, 3.05) is 19.6 Å². The van der Waals surface area contributed by atoms with Gasteiger partial charge < -0.3 is 5.73 Å². The van der Waals surface area contributed by atoms with Gasteiger partial charge in [-0.15, -0.1) is 0 Å². The molecule has 0 aromatic heterocycles. The van der Waals surface area contributed by atoms with Gasteiger partial charge in [0.2, 0.25) is 0 Å². The zero-order chi connectivity index (χ0) is 8.77. The third-order valence-electron chi connectivity index (χ3n) is 2.95. The van der Waals surface area contributed by atoms with Crippen molar-refractivity contribution in [2.45, 2.75) is 24.8 Å². The van der Waals surface area contributed by atoms with E-state index in [-0.39, 0.29) is 12.3 Å². The first-order valence-electron chi connectivity index (χ1n) is 4.45. The highest BCUT2D eigenvalue weighted by Gasteiger charge is 2.57. The molecule has 2 aliphatic rings. The molecule has 0 spiro atoms. The lowest BCUT2D eigenvalue weighted by atomic mass is 10.0. The molecule has 1 saturated heterocycles. The van der Waals surface area contributed by atoms with Gasteiger partial charge in [0.1, 0.15) is 0 Å². The first kappa shape index (κ1) is 8.38. The fourth-order valence-corrected chi connectivity index (χ4v) is 1.75. The normalized spacial score (nSPS) is 39.2. The SMILES string of the molecule is NCC1CCN1CC1CC1(F)F. The van der Waals surface area contributed by atoms with Crippen molar-refractivity contribution >= 4 is 0 Å². The van der Waals surface area contributed by atoms with Crippen LogP contribution in [0.25, 0.3) is 0 Å². The van der Waals surface area contributed by atoms with E-state index < -0.39 is 5.92 Å². The van der Waals surface area contributed by atoms with Crippen LogP contribution in [0.4, 0.5) is 8.78 Å². The second kappa shape index (κ2) is 2.64. The molecule has 0 bridgehead atoms. The molecule has 2 atom stereocenters. The smallest absolute Gasteiger partial charge is 0.252 e. The summed E-state index contributed by atoms with van der Waals surface area (Å²) in [6.45, 7) is 2.11. The molecule has 2 unspecified atom stereocenters. The molecule has 1 heterocycles. The standard InChI is InChI=1S/C8H14F2N2/c9-8(10)3-6(8)5-12-2-1-7(12)4-11/h6-7H,1-5,11H2. The number of nitrogens with zero attached hydrogens (tertiary/aromatic N) is 1. The van der Waals surface area contributed by atoms with Crippen LogP contribution >= 0.6 is 0 Å². The minimum atomic E-state index is -2.37. The van der Waals surface area contributed by atoms with Gasteiger partial charge in [-0.2, -0.15) is 0 Å². The van der Waals surface area contributed by atoms with Crippen LogP contribution in [0.5, 0.6) is 0 Å². The average Bonchev–Trinajstić information content (AvgIpc) is 2.53. The first-order valence-corrected chi connectivity index (χ1v) is 4.45. The predicted octanol–water partition coefficient (Wildman–Crippen LogP) is 0.675. The van der Waals surface area contributed by atoms with Crippen LogP contribution in [0.2, 0.25) is 0 Å². The average molecular weight is 176 g/mol. The molecule has 2 nitrogen and oxygen atoms in total. The van der Waals surface area contributed by atoms with Crippen LogP contribution < -0.4 is 5.73 Å². The van der Waals surface area contributed by atoms with Crippen LogP contribution in [-0.2, 0) is 0 Å². The Labute approximate surface area is 70.7 Å². The van der Waals surface area contributed by atoms with Crippen LogP contribution in [0.1, 0.15) is 12.8 Å². The summed E-state index contributed by atoms with van der Waals surface area (Å²) in [5.74, 6) is -2.75. The van der Waals surface area contributed by atoms with Crippen LogP contribution in [-0.4, -0.2) is 36.5 Å². The zero-order valence-corrected chi connectivity index (χ0v) is 6.97. The third kappa shape index (κ3) is 1.33. The van der Waals surface area contributed by atoms with Gasteiger partial charge in [0, 0.05) is 38.0 Å². The number of rotatable bonds is 3. The topological polar surface area (TPSA) is 29.3 Å². The summed E-state index contributed by atoms with van der Waals surface area (Å²) in [5, 5.41) is 0. The minimum Gasteiger partial charge on any atom is -0.329 e. The lowest BCUT2D eigenvalue weighted by Gasteiger charge is -2.40. The lowest BCUT2D eigenvalue weighted by Crippen LogP contribution is -2.52. The van der Waals surface area contributed by atoms with Gasteiger partial charge in [0.25, 0.3) is 5.92 Å². The molecule has 0 radical (unpaired) electrons. The van der Waals surface area contributed by atoms with E-state index in [1.807, 2.05) is 0 Å². The van der Waals surface area contributed by atoms with Crippen molar-refractivity contribution in [2.24, 2.45) is 11.7 Å². The Morgan fingerprint density at radius 1 is 1.50 bits per heavy atom. The summed E-state index contributed by atoms with van der Waals surface area (Å²) < 4.78 is 25.0. The van der Waals surface area contributed by atoms with Gasteiger partial charge in [0.15, 0.2) is 0 Å². The molecule has 0 aromatic rings. The van der Waals surface area contributed by atoms with Crippen LogP contribution in [0, 0.1) is 5.92 Å². The maximum absolute atomic E-state index is 12.5. The van der Waals surface area contributed by atoms with Crippen molar-refractivity contribution in [1.82, 2.24) is 4.90 Å². The molecular formula is C8H14F2N2. The number of likely N-dealkylation sites (tertiary alicyclic amines) is 1. The number of alkyl halides is 2. The largest absolute Gasteiger partial charge is 0.329 e. The van der Waals surface area contributed by atoms with E-state index in [1.54, 1.807) is 0 Å². The zero-order valence-electron chi connectivity index (χ0n) is 6.97. The molecule has 1 aliphatic carbocycles. The van der Waals surface area contributed by atoms with Gasteiger partial charge in [-0.25, -0.2) is 8.78 Å². The Morgan fingerprint density at radius 2 is 2.17 bits per heavy atom. The predicted molar refractivity (Wildman–Crippen MR) is 42.1 cm³/mol. The number of hydrogen-bond donors (Lipinski definition) is 1.